The lowest BCUT2D eigenvalue weighted by Crippen LogP contribution is -2.36. The third-order valence-electron chi connectivity index (χ3n) is 1.12. The largest absolute Gasteiger partial charge is 0.337 e. The number of carbonyl (C=O) groups excluding carboxylic acids is 1. The van der Waals surface area contributed by atoms with Crippen molar-refractivity contribution < 1.29 is 4.79 Å². The molecule has 13 heavy (non-hydrogen) atoms. The Bertz CT molecular complexity index is 299. The first-order chi connectivity index (χ1) is 6.13. The molecule has 1 aromatic heterocycles. The van der Waals surface area contributed by atoms with Gasteiger partial charge in [0, 0.05) is 7.05 Å². The van der Waals surface area contributed by atoms with Gasteiger partial charge in [-0.25, -0.2) is 10.6 Å². The number of thioether (sulfide) groups is 1. The SMILES string of the molecule is CSc1nnc(NC(=O)N(C)N)s1. The number of carbonyl (C=O) groups is 1. The van der Waals surface area contributed by atoms with Gasteiger partial charge >= 0.3 is 6.03 Å². The number of hydrogen-bond donors (Lipinski definition) is 2. The number of nitrogens with zero attached hydrogens (tertiary/aromatic N) is 3. The number of aromatic nitrogens is 2. The van der Waals surface area contributed by atoms with Crippen LogP contribution < -0.4 is 11.2 Å². The molecule has 1 heterocycles. The number of hydrazine groups is 1. The van der Waals surface area contributed by atoms with Gasteiger partial charge in [0.2, 0.25) is 5.13 Å². The van der Waals surface area contributed by atoms with Crippen LogP contribution in [0.15, 0.2) is 4.34 Å². The Labute approximate surface area is 83.5 Å². The molecular weight excluding hydrogens is 210 g/mol. The van der Waals surface area contributed by atoms with Crippen LogP contribution in [0.3, 0.4) is 0 Å². The van der Waals surface area contributed by atoms with Gasteiger partial charge in [0.1, 0.15) is 0 Å². The molecule has 1 rings (SSSR count). The number of anilines is 1. The molecule has 8 heteroatoms. The lowest BCUT2D eigenvalue weighted by Gasteiger charge is -2.08. The fourth-order valence-electron chi connectivity index (χ4n) is 0.522. The van der Waals surface area contributed by atoms with Crippen LogP contribution in [0.4, 0.5) is 9.93 Å². The second-order valence-electron chi connectivity index (χ2n) is 2.12. The van der Waals surface area contributed by atoms with E-state index in [1.165, 1.54) is 30.1 Å². The standard InChI is InChI=1S/C5H9N5OS2/c1-10(6)4(11)7-3-8-9-5(12-2)13-3/h6H2,1-2H3,(H,7,8,11). The van der Waals surface area contributed by atoms with Crippen molar-refractivity contribution in [1.29, 1.82) is 0 Å². The summed E-state index contributed by atoms with van der Waals surface area (Å²) in [7, 11) is 1.45. The molecule has 0 bridgehead atoms. The maximum absolute atomic E-state index is 11.0. The van der Waals surface area contributed by atoms with E-state index in [1.54, 1.807) is 0 Å². The third-order valence-corrected chi connectivity index (χ3v) is 2.93. The lowest BCUT2D eigenvalue weighted by molar-refractivity contribution is 0.223. The highest BCUT2D eigenvalue weighted by atomic mass is 32.2. The van der Waals surface area contributed by atoms with Crippen molar-refractivity contribution in [3.63, 3.8) is 0 Å². The molecule has 0 aliphatic heterocycles. The summed E-state index contributed by atoms with van der Waals surface area (Å²) in [6.45, 7) is 0. The van der Waals surface area contributed by atoms with Gasteiger partial charge in [-0.1, -0.05) is 23.1 Å². The Morgan fingerprint density at radius 3 is 2.85 bits per heavy atom. The van der Waals surface area contributed by atoms with Crippen LogP contribution in [-0.4, -0.2) is 34.5 Å². The Kier molecular flexibility index (Phi) is 3.46. The molecule has 2 amide bonds. The number of nitrogens with two attached hydrogens (primary N) is 1. The zero-order valence-corrected chi connectivity index (χ0v) is 8.78. The number of nitrogens with one attached hydrogen (secondary N) is 1. The highest BCUT2D eigenvalue weighted by molar-refractivity contribution is 8.00. The second kappa shape index (κ2) is 4.40. The van der Waals surface area contributed by atoms with E-state index in [4.69, 9.17) is 5.84 Å². The van der Waals surface area contributed by atoms with Crippen molar-refractivity contribution in [3.8, 4) is 0 Å². The summed E-state index contributed by atoms with van der Waals surface area (Å²) >= 11 is 2.78. The van der Waals surface area contributed by atoms with Crippen molar-refractivity contribution in [1.82, 2.24) is 15.2 Å². The Morgan fingerprint density at radius 2 is 2.38 bits per heavy atom. The van der Waals surface area contributed by atoms with Gasteiger partial charge in [0.15, 0.2) is 4.34 Å². The monoisotopic (exact) mass is 219 g/mol. The number of urea groups is 1. The number of rotatable bonds is 2. The van der Waals surface area contributed by atoms with Crippen LogP contribution in [-0.2, 0) is 0 Å². The van der Waals surface area contributed by atoms with Crippen molar-refractivity contribution in [2.24, 2.45) is 5.84 Å². The zero-order chi connectivity index (χ0) is 9.84. The summed E-state index contributed by atoms with van der Waals surface area (Å²) in [4.78, 5) is 11.0. The van der Waals surface area contributed by atoms with Crippen LogP contribution in [0.25, 0.3) is 0 Å². The Morgan fingerprint density at radius 1 is 1.69 bits per heavy atom. The highest BCUT2D eigenvalue weighted by Crippen LogP contribution is 2.22. The zero-order valence-electron chi connectivity index (χ0n) is 7.14. The molecule has 0 spiro atoms. The molecule has 72 valence electrons. The van der Waals surface area contributed by atoms with Crippen molar-refractivity contribution in [3.05, 3.63) is 0 Å². The predicted octanol–water partition coefficient (Wildman–Crippen LogP) is 0.597. The van der Waals surface area contributed by atoms with E-state index < -0.39 is 6.03 Å². The van der Waals surface area contributed by atoms with Gasteiger partial charge in [-0.3, -0.25) is 10.3 Å². The van der Waals surface area contributed by atoms with E-state index in [-0.39, 0.29) is 0 Å². The molecule has 0 radical (unpaired) electrons. The first-order valence-electron chi connectivity index (χ1n) is 3.30. The normalized spacial score (nSPS) is 9.77. The van der Waals surface area contributed by atoms with Gasteiger partial charge in [-0.15, -0.1) is 10.2 Å². The van der Waals surface area contributed by atoms with Gasteiger partial charge in [0.25, 0.3) is 0 Å². The van der Waals surface area contributed by atoms with E-state index in [2.05, 4.69) is 15.5 Å². The predicted molar refractivity (Wildman–Crippen MR) is 52.7 cm³/mol. The molecule has 0 unspecified atom stereocenters. The molecule has 0 saturated carbocycles. The first-order valence-corrected chi connectivity index (χ1v) is 5.34. The highest BCUT2D eigenvalue weighted by Gasteiger charge is 2.08. The molecule has 6 nitrogen and oxygen atoms in total. The van der Waals surface area contributed by atoms with E-state index in [9.17, 15) is 4.79 Å². The molecule has 0 aliphatic carbocycles. The molecule has 0 aromatic carbocycles. The Balaban J connectivity index is 2.59. The van der Waals surface area contributed by atoms with Crippen LogP contribution >= 0.6 is 23.1 Å². The topological polar surface area (TPSA) is 84.1 Å². The van der Waals surface area contributed by atoms with Crippen LogP contribution in [0, 0.1) is 0 Å². The van der Waals surface area contributed by atoms with Gasteiger partial charge in [-0.05, 0) is 6.26 Å². The molecule has 0 fully saturated rings. The summed E-state index contributed by atoms with van der Waals surface area (Å²) in [5.41, 5.74) is 0. The van der Waals surface area contributed by atoms with Crippen LogP contribution in [0.2, 0.25) is 0 Å². The fourth-order valence-corrected chi connectivity index (χ4v) is 1.68. The molecule has 1 aromatic rings. The van der Waals surface area contributed by atoms with E-state index in [0.717, 1.165) is 9.35 Å². The van der Waals surface area contributed by atoms with E-state index in [0.29, 0.717) is 5.13 Å². The average Bonchev–Trinajstić information content (AvgIpc) is 2.52. The van der Waals surface area contributed by atoms with E-state index >= 15 is 0 Å². The van der Waals surface area contributed by atoms with Gasteiger partial charge < -0.3 is 0 Å². The molecule has 0 aliphatic rings. The first kappa shape index (κ1) is 10.2. The average molecular weight is 219 g/mol. The molecule has 0 atom stereocenters. The van der Waals surface area contributed by atoms with Crippen molar-refractivity contribution in [2.45, 2.75) is 4.34 Å². The van der Waals surface area contributed by atoms with Gasteiger partial charge in [-0.2, -0.15) is 0 Å². The van der Waals surface area contributed by atoms with Crippen molar-refractivity contribution >= 4 is 34.3 Å². The van der Waals surface area contributed by atoms with E-state index in [1.807, 2.05) is 6.26 Å². The summed E-state index contributed by atoms with van der Waals surface area (Å²) in [5.74, 6) is 5.20. The smallest absolute Gasteiger partial charge is 0.281 e. The minimum Gasteiger partial charge on any atom is -0.281 e. The minimum atomic E-state index is -0.413. The molecule has 0 saturated heterocycles. The number of amides is 2. The molecular formula is C5H9N5OS2. The summed E-state index contributed by atoms with van der Waals surface area (Å²) in [5, 5.41) is 11.4. The van der Waals surface area contributed by atoms with Crippen LogP contribution in [0.1, 0.15) is 0 Å². The summed E-state index contributed by atoms with van der Waals surface area (Å²) < 4.78 is 0.801. The summed E-state index contributed by atoms with van der Waals surface area (Å²) in [6, 6.07) is -0.413. The molecule has 3 N–H and O–H groups in total. The van der Waals surface area contributed by atoms with Gasteiger partial charge in [0.05, 0.1) is 0 Å². The third kappa shape index (κ3) is 2.83. The minimum absolute atomic E-state index is 0.413. The number of hydrogen-bond acceptors (Lipinski definition) is 6. The van der Waals surface area contributed by atoms with Crippen molar-refractivity contribution in [2.75, 3.05) is 18.6 Å². The fraction of sp³-hybridized carbons (Fsp3) is 0.400. The quantitative estimate of drug-likeness (QED) is 0.250. The maximum Gasteiger partial charge on any atom is 0.337 e. The lowest BCUT2D eigenvalue weighted by atomic mass is 10.9. The van der Waals surface area contributed by atoms with Crippen LogP contribution in [0.5, 0.6) is 0 Å². The summed E-state index contributed by atoms with van der Waals surface area (Å²) in [6.07, 6.45) is 1.89. The second-order valence-corrected chi connectivity index (χ2v) is 4.15. The maximum atomic E-state index is 11.0. The Hall–Kier alpha value is -0.860.